The van der Waals surface area contributed by atoms with Gasteiger partial charge < -0.3 is 45.9 Å². The molecule has 4 aromatic heterocycles. The fraction of sp³-hybridized carbons (Fsp3) is 0.534. The second-order valence-corrected chi connectivity index (χ2v) is 28.9. The Morgan fingerprint density at radius 3 is 2.29 bits per heavy atom. The average molecular weight is 1330 g/mol. The van der Waals surface area contributed by atoms with Gasteiger partial charge in [0.2, 0.25) is 23.6 Å². The highest BCUT2D eigenvalue weighted by Gasteiger charge is 2.46. The van der Waals surface area contributed by atoms with E-state index >= 15 is 9.18 Å². The lowest BCUT2D eigenvalue weighted by atomic mass is 9.81. The van der Waals surface area contributed by atoms with Crippen LogP contribution in [0.25, 0.3) is 55.4 Å². The molecule has 4 aliphatic carbocycles. The number of carbonyl (C=O) groups is 7. The lowest BCUT2D eigenvalue weighted by molar-refractivity contribution is -0.143. The predicted octanol–water partition coefficient (Wildman–Crippen LogP) is 10.2. The van der Waals surface area contributed by atoms with E-state index in [9.17, 15) is 33.6 Å². The number of aromatic nitrogens is 6. The van der Waals surface area contributed by atoms with E-state index in [1.807, 2.05) is 47.3 Å². The van der Waals surface area contributed by atoms with E-state index < -0.39 is 65.5 Å². The number of aryl methyl sites for hydroxylation is 2. The lowest BCUT2D eigenvalue weighted by Crippen LogP contribution is -2.59. The van der Waals surface area contributed by atoms with Gasteiger partial charge in [-0.3, -0.25) is 42.7 Å². The van der Waals surface area contributed by atoms with E-state index in [0.29, 0.717) is 96.7 Å². The second kappa shape index (κ2) is 28.2. The van der Waals surface area contributed by atoms with Crippen molar-refractivity contribution in [3.63, 3.8) is 0 Å². The predicted molar refractivity (Wildman–Crippen MR) is 366 cm³/mol. The lowest BCUT2D eigenvalue weighted by Gasteiger charge is -2.36. The van der Waals surface area contributed by atoms with Crippen molar-refractivity contribution in [2.45, 2.75) is 198 Å². The fourth-order valence-electron chi connectivity index (χ4n) is 15.7. The van der Waals surface area contributed by atoms with Gasteiger partial charge in [0.15, 0.2) is 0 Å². The van der Waals surface area contributed by atoms with Crippen LogP contribution in [0.1, 0.15) is 177 Å². The number of aromatic amines is 1. The molecule has 3 aromatic carbocycles. The number of hydrogen-bond acceptors (Lipinski definition) is 12. The average Bonchev–Trinajstić information content (AvgIpc) is 1.56. The minimum Gasteiger partial charge on any atom is -0.453 e. The number of ether oxygens (including phenoxy) is 2. The van der Waals surface area contributed by atoms with E-state index in [1.54, 1.807) is 61.0 Å². The summed E-state index contributed by atoms with van der Waals surface area (Å²) in [5.74, 6) is -3.33. The molecule has 97 heavy (non-hydrogen) atoms. The topological polar surface area (TPSA) is 278 Å². The number of likely N-dealkylation sites (tertiary alicyclic amines) is 1. The summed E-state index contributed by atoms with van der Waals surface area (Å²) in [7, 11) is 4.52. The highest BCUT2D eigenvalue weighted by atomic mass is 19.1. The molecular formula is C73H92FN13O10. The van der Waals surface area contributed by atoms with Crippen molar-refractivity contribution in [1.29, 1.82) is 0 Å². The van der Waals surface area contributed by atoms with Crippen molar-refractivity contribution in [3.8, 4) is 22.4 Å². The van der Waals surface area contributed by atoms with Gasteiger partial charge in [0.1, 0.15) is 35.2 Å². The largest absolute Gasteiger partial charge is 0.453 e. The highest BCUT2D eigenvalue weighted by molar-refractivity contribution is 6.15. The van der Waals surface area contributed by atoms with Crippen LogP contribution in [0.3, 0.4) is 0 Å². The number of hydrogen-bond donors (Lipinski definition) is 6. The summed E-state index contributed by atoms with van der Waals surface area (Å²) in [5, 5.41) is 21.6. The number of alkyl carbamates (subject to hydrolysis) is 1. The standard InChI is InChI=1S/C73H92FN13O10/c1-40(2)87-56-31-27-46(32-48(56)37-77-87)59-60-63-58(84(8)71(94)86(63)51-29-28-49(34-51)79-70(93)96-9)38-75-64(60)81-61(59)47-26-30-53(54(74)33-47)67(90)76-36-42-22-24-45(25-23-42)66(89)78-50-35-57(68(91)80-55-21-15-19-43-16-13-14-20-52(43)55)85(39-50)69(92)62(44-17-11-10-12-18-44)82-65(88)41(3)83(7)72(95)97-73(4,5)6/h13-14,16,20,26-27,30-33,37-38,40-42,44-45,49-51,55,57,62H,10-12,15,17-19,21-25,28-29,34-36,39H2,1-9H3,(H,75,81)(H,76,90)(H,78,89)(H,79,93)(H,80,91)(H,82,88)/t41-,42-,45-,49+,50-,51+,55+,57-,62-/m0/s1. The molecule has 0 unspecified atom stereocenters. The molecule has 23 nitrogen and oxygen atoms in total. The highest BCUT2D eigenvalue weighted by Crippen LogP contribution is 2.44. The smallest absolute Gasteiger partial charge is 0.410 e. The molecule has 4 fully saturated rings. The first-order valence-electron chi connectivity index (χ1n) is 34.7. The third kappa shape index (κ3) is 14.1. The molecule has 0 spiro atoms. The number of nitrogens with zero attached hydrogens (tertiary/aromatic N) is 7. The van der Waals surface area contributed by atoms with Crippen LogP contribution in [0.5, 0.6) is 0 Å². The summed E-state index contributed by atoms with van der Waals surface area (Å²) in [6, 6.07) is 14.5. The minimum absolute atomic E-state index is 0.00401. The maximum absolute atomic E-state index is 16.7. The first kappa shape index (κ1) is 67.9. The van der Waals surface area contributed by atoms with Crippen LogP contribution in [-0.2, 0) is 42.1 Å². The van der Waals surface area contributed by atoms with Crippen molar-refractivity contribution >= 4 is 74.7 Å². The summed E-state index contributed by atoms with van der Waals surface area (Å²) in [5.41, 5.74) is 6.13. The van der Waals surface area contributed by atoms with Crippen LogP contribution >= 0.6 is 0 Å². The number of fused-ring (bicyclic) bond motifs is 5. The van der Waals surface area contributed by atoms with Gasteiger partial charge in [-0.2, -0.15) is 5.10 Å². The van der Waals surface area contributed by atoms with Crippen molar-refractivity contribution in [2.75, 3.05) is 27.2 Å². The number of methoxy groups -OCH3 is 1. The van der Waals surface area contributed by atoms with Crippen molar-refractivity contribution in [3.05, 3.63) is 106 Å². The first-order valence-corrected chi connectivity index (χ1v) is 34.7. The zero-order valence-electron chi connectivity index (χ0n) is 57.1. The Kier molecular flexibility index (Phi) is 19.7. The number of likely N-dealkylation sites (N-methyl/N-ethyl adjacent to an activating group) is 1. The number of rotatable bonds is 17. The van der Waals surface area contributed by atoms with Gasteiger partial charge in [-0.25, -0.2) is 23.8 Å². The van der Waals surface area contributed by atoms with Crippen LogP contribution < -0.4 is 32.3 Å². The van der Waals surface area contributed by atoms with Crippen molar-refractivity contribution in [2.24, 2.45) is 24.8 Å². The molecular weight excluding hydrogens is 1240 g/mol. The SMILES string of the molecule is COC(=O)N[C@@H]1CC[C@@H](n2c(=O)n(C)c3cnc4[nH]c(-c5ccc(C(=O)NC[C@H]6CC[C@H](C(=O)N[C@H]7C[C@@H](C(=O)N[C@@H]8CCCc9ccccc98)N(C(=O)[C@@H](NC(=O)[C@H](C)N(C)C(=O)OC(C)(C)C)C8CCCCC8)C7)CC6)c(F)c5)c(-c5ccc6c(cnn6C(C)C)c5)c4c32)C1. The molecule has 7 aromatic rings. The number of imidazole rings is 1. The summed E-state index contributed by atoms with van der Waals surface area (Å²) in [6.07, 6.45) is 13.1. The van der Waals surface area contributed by atoms with Gasteiger partial charge in [0, 0.05) is 73.8 Å². The van der Waals surface area contributed by atoms with E-state index in [4.69, 9.17) is 14.5 Å². The zero-order valence-corrected chi connectivity index (χ0v) is 57.1. The number of H-pyrrole nitrogens is 1. The van der Waals surface area contributed by atoms with E-state index in [2.05, 4.69) is 56.6 Å². The molecule has 6 N–H and O–H groups in total. The Morgan fingerprint density at radius 1 is 0.804 bits per heavy atom. The summed E-state index contributed by atoms with van der Waals surface area (Å²) >= 11 is 0. The van der Waals surface area contributed by atoms with Crippen molar-refractivity contribution < 1.29 is 47.4 Å². The number of nitrogens with one attached hydrogen (secondary N) is 6. The van der Waals surface area contributed by atoms with Gasteiger partial charge in [-0.15, -0.1) is 0 Å². The van der Waals surface area contributed by atoms with E-state index in [1.165, 1.54) is 36.8 Å². The molecule has 5 heterocycles. The monoisotopic (exact) mass is 1330 g/mol. The third-order valence-electron chi connectivity index (χ3n) is 21.0. The molecule has 12 rings (SSSR count). The molecule has 0 bridgehead atoms. The van der Waals surface area contributed by atoms with Gasteiger partial charge >= 0.3 is 17.9 Å². The minimum atomic E-state index is -0.984. The molecule has 0 radical (unpaired) electrons. The molecule has 3 saturated carbocycles. The Hall–Kier alpha value is -9.09. The zero-order chi connectivity index (χ0) is 68.7. The number of halogens is 1. The Labute approximate surface area is 563 Å². The summed E-state index contributed by atoms with van der Waals surface area (Å²) < 4.78 is 32.5. The van der Waals surface area contributed by atoms with Gasteiger partial charge in [-0.05, 0) is 178 Å². The van der Waals surface area contributed by atoms with Crippen molar-refractivity contribution in [1.82, 2.24) is 65.3 Å². The normalized spacial score (nSPS) is 22.1. The first-order chi connectivity index (χ1) is 46.4. The van der Waals surface area contributed by atoms with Gasteiger partial charge in [0.05, 0.1) is 58.7 Å². The number of amides is 7. The molecule has 1 aliphatic heterocycles. The van der Waals surface area contributed by atoms with E-state index in [-0.39, 0.29) is 84.5 Å². The van der Waals surface area contributed by atoms with Crippen LogP contribution in [0.15, 0.2) is 77.9 Å². The van der Waals surface area contributed by atoms with Crippen LogP contribution in [0, 0.1) is 23.6 Å². The quantitative estimate of drug-likeness (QED) is 0.0497. The van der Waals surface area contributed by atoms with Gasteiger partial charge in [-0.1, -0.05) is 55.7 Å². The summed E-state index contributed by atoms with van der Waals surface area (Å²) in [4.78, 5) is 123. The molecule has 516 valence electrons. The number of benzene rings is 3. The van der Waals surface area contributed by atoms with Crippen LogP contribution in [0.2, 0.25) is 0 Å². The van der Waals surface area contributed by atoms with Gasteiger partial charge in [0.25, 0.3) is 5.91 Å². The maximum atomic E-state index is 16.7. The Morgan fingerprint density at radius 2 is 1.56 bits per heavy atom. The molecule has 5 aliphatic rings. The molecule has 24 heteroatoms. The second-order valence-electron chi connectivity index (χ2n) is 28.9. The fourth-order valence-corrected chi connectivity index (χ4v) is 15.7. The summed E-state index contributed by atoms with van der Waals surface area (Å²) in [6.45, 7) is 11.3. The molecule has 7 atom stereocenters. The van der Waals surface area contributed by atoms with Crippen LogP contribution in [-0.4, -0.2) is 143 Å². The maximum Gasteiger partial charge on any atom is 0.410 e. The van der Waals surface area contributed by atoms with Crippen LogP contribution in [0.4, 0.5) is 14.0 Å². The van der Waals surface area contributed by atoms with E-state index in [0.717, 1.165) is 60.6 Å². The Bertz CT molecular complexity index is 4220. The molecule has 7 amide bonds. The third-order valence-corrected chi connectivity index (χ3v) is 21.0. The number of pyridine rings is 1. The number of carbonyl (C=O) groups excluding carboxylic acids is 7. The molecule has 1 saturated heterocycles. The Balaban J connectivity index is 0.732.